The first-order valence-electron chi connectivity index (χ1n) is 10.3. The van der Waals surface area contributed by atoms with Gasteiger partial charge in [-0.25, -0.2) is 19.9 Å². The van der Waals surface area contributed by atoms with Crippen molar-refractivity contribution in [2.45, 2.75) is 57.0 Å². The van der Waals surface area contributed by atoms with Gasteiger partial charge in [0.1, 0.15) is 11.4 Å². The number of carbonyl (C=O) groups excluding carboxylic acids is 1. The van der Waals surface area contributed by atoms with E-state index in [1.54, 1.807) is 45.9 Å². The van der Waals surface area contributed by atoms with Crippen LogP contribution < -0.4 is 10.2 Å². The molecule has 0 saturated heterocycles. The van der Waals surface area contributed by atoms with Crippen LogP contribution in [0, 0.1) is 6.92 Å². The molecule has 0 radical (unpaired) electrons. The van der Waals surface area contributed by atoms with Crippen LogP contribution >= 0.6 is 11.8 Å². The molecule has 0 fully saturated rings. The molecule has 0 aliphatic heterocycles. The largest absolute Gasteiger partial charge is 0.484 e. The number of halogens is 3. The number of thioether (sulfide) groups is 1. The Labute approximate surface area is 198 Å². The fraction of sp³-hybridized carbons (Fsp3) is 0.409. The van der Waals surface area contributed by atoms with Crippen LogP contribution in [-0.4, -0.2) is 44.2 Å². The third-order valence-corrected chi connectivity index (χ3v) is 5.41. The molecule has 3 aromatic rings. The Morgan fingerprint density at radius 1 is 1.24 bits per heavy atom. The highest BCUT2D eigenvalue weighted by Crippen LogP contribution is 2.30. The summed E-state index contributed by atoms with van der Waals surface area (Å²) < 4.78 is 49.3. The van der Waals surface area contributed by atoms with E-state index in [0.29, 0.717) is 33.0 Å². The molecule has 1 amide bonds. The number of benzene rings is 1. The topological polar surface area (TPSA) is 98.5 Å². The second-order valence-electron chi connectivity index (χ2n) is 8.40. The highest BCUT2D eigenvalue weighted by atomic mass is 32.2. The maximum Gasteiger partial charge on any atom is 0.427 e. The Hall–Kier alpha value is -2.99. The molecular weight excluding hydrogens is 473 g/mol. The molecule has 34 heavy (non-hydrogen) atoms. The van der Waals surface area contributed by atoms with Gasteiger partial charge in [-0.3, -0.25) is 4.98 Å². The monoisotopic (exact) mass is 498 g/mol. The van der Waals surface area contributed by atoms with Crippen LogP contribution in [0.5, 0.6) is 5.75 Å². The van der Waals surface area contributed by atoms with Crippen molar-refractivity contribution in [3.05, 3.63) is 47.3 Å². The first-order valence-corrected chi connectivity index (χ1v) is 11.2. The maximum absolute atomic E-state index is 12.5. The molecule has 0 aliphatic carbocycles. The van der Waals surface area contributed by atoms with E-state index < -0.39 is 24.5 Å². The quantitative estimate of drug-likeness (QED) is 0.445. The molecule has 0 bridgehead atoms. The molecule has 2 heterocycles. The maximum atomic E-state index is 12.5. The van der Waals surface area contributed by atoms with E-state index in [0.717, 1.165) is 0 Å². The van der Waals surface area contributed by atoms with E-state index in [-0.39, 0.29) is 18.1 Å². The SMILES string of the molecule is Cc1c(OCC(F)(F)F)ccnc1CSc1nc2cc(CO)ccc2n1NC(=O)OC(C)(C)C. The van der Waals surface area contributed by atoms with Gasteiger partial charge in [-0.15, -0.1) is 0 Å². The minimum absolute atomic E-state index is 0.0934. The normalized spacial score (nSPS) is 12.1. The van der Waals surface area contributed by atoms with Crippen LogP contribution in [0.4, 0.5) is 18.0 Å². The van der Waals surface area contributed by atoms with Crippen molar-refractivity contribution >= 4 is 28.9 Å². The van der Waals surface area contributed by atoms with Crippen LogP contribution in [0.25, 0.3) is 11.0 Å². The first-order chi connectivity index (χ1) is 15.9. The summed E-state index contributed by atoms with van der Waals surface area (Å²) in [7, 11) is 0. The van der Waals surface area contributed by atoms with E-state index in [1.807, 2.05) is 0 Å². The van der Waals surface area contributed by atoms with Crippen LogP contribution in [0.2, 0.25) is 0 Å². The van der Waals surface area contributed by atoms with Crippen LogP contribution in [0.15, 0.2) is 35.6 Å². The van der Waals surface area contributed by atoms with Gasteiger partial charge in [-0.1, -0.05) is 17.8 Å². The fourth-order valence-corrected chi connectivity index (χ4v) is 3.95. The Balaban J connectivity index is 1.87. The van der Waals surface area contributed by atoms with E-state index >= 15 is 0 Å². The number of pyridine rings is 1. The van der Waals surface area contributed by atoms with Gasteiger partial charge in [0.05, 0.1) is 23.3 Å². The number of nitrogens with one attached hydrogen (secondary N) is 1. The van der Waals surface area contributed by atoms with E-state index in [9.17, 15) is 23.1 Å². The van der Waals surface area contributed by atoms with Crippen molar-refractivity contribution in [3.63, 3.8) is 0 Å². The molecular formula is C22H25F3N4O4S. The third kappa shape index (κ3) is 6.76. The van der Waals surface area contributed by atoms with Crippen molar-refractivity contribution in [1.82, 2.24) is 14.6 Å². The number of amides is 1. The molecule has 8 nitrogen and oxygen atoms in total. The number of carbonyl (C=O) groups is 1. The van der Waals surface area contributed by atoms with Gasteiger partial charge in [-0.05, 0) is 51.5 Å². The van der Waals surface area contributed by atoms with Gasteiger partial charge in [0, 0.05) is 17.5 Å². The minimum atomic E-state index is -4.45. The van der Waals surface area contributed by atoms with Crippen molar-refractivity contribution in [1.29, 1.82) is 0 Å². The molecule has 0 spiro atoms. The summed E-state index contributed by atoms with van der Waals surface area (Å²) in [5.41, 5.74) is 4.71. The smallest absolute Gasteiger partial charge is 0.427 e. The summed E-state index contributed by atoms with van der Waals surface area (Å²) >= 11 is 1.22. The summed E-state index contributed by atoms with van der Waals surface area (Å²) in [5, 5.41) is 9.83. The lowest BCUT2D eigenvalue weighted by Gasteiger charge is -2.20. The number of alkyl halides is 3. The van der Waals surface area contributed by atoms with Crippen LogP contribution in [0.3, 0.4) is 0 Å². The minimum Gasteiger partial charge on any atom is -0.484 e. The first kappa shape index (κ1) is 25.6. The van der Waals surface area contributed by atoms with Gasteiger partial charge in [0.2, 0.25) is 0 Å². The molecule has 3 rings (SSSR count). The molecule has 2 N–H and O–H groups in total. The van der Waals surface area contributed by atoms with E-state index in [2.05, 4.69) is 15.4 Å². The predicted molar refractivity (Wildman–Crippen MR) is 121 cm³/mol. The van der Waals surface area contributed by atoms with Crippen LogP contribution in [0.1, 0.15) is 37.6 Å². The number of hydrogen-bond donors (Lipinski definition) is 2. The number of fused-ring (bicyclic) bond motifs is 1. The lowest BCUT2D eigenvalue weighted by atomic mass is 10.2. The molecule has 0 aliphatic rings. The zero-order valence-corrected chi connectivity index (χ0v) is 19.9. The van der Waals surface area contributed by atoms with Crippen molar-refractivity contribution in [2.24, 2.45) is 0 Å². The Morgan fingerprint density at radius 3 is 2.62 bits per heavy atom. The number of rotatable bonds is 7. The average Bonchev–Trinajstić information content (AvgIpc) is 3.06. The Kier molecular flexibility index (Phi) is 7.61. The summed E-state index contributed by atoms with van der Waals surface area (Å²) in [6.45, 7) is 5.29. The van der Waals surface area contributed by atoms with Crippen molar-refractivity contribution in [2.75, 3.05) is 12.0 Å². The molecule has 0 atom stereocenters. The second-order valence-corrected chi connectivity index (χ2v) is 9.34. The van der Waals surface area contributed by atoms with Crippen LogP contribution in [-0.2, 0) is 17.1 Å². The number of imidazole rings is 1. The standard InChI is InChI=1S/C22H25F3N4O4S/c1-13-16(26-8-7-18(13)32-12-22(23,24)25)11-34-19-27-15-9-14(10-30)5-6-17(15)29(19)28-20(31)33-21(2,3)4/h5-9,30H,10-12H2,1-4H3,(H,28,31). The third-order valence-electron chi connectivity index (χ3n) is 4.46. The van der Waals surface area contributed by atoms with Crippen molar-refractivity contribution in [3.8, 4) is 5.75 Å². The number of aliphatic hydroxyl groups excluding tert-OH is 1. The Morgan fingerprint density at radius 2 is 1.97 bits per heavy atom. The Bertz CT molecular complexity index is 1180. The van der Waals surface area contributed by atoms with E-state index in [1.165, 1.54) is 28.7 Å². The highest BCUT2D eigenvalue weighted by molar-refractivity contribution is 7.98. The number of aromatic nitrogens is 3. The molecule has 0 unspecified atom stereocenters. The lowest BCUT2D eigenvalue weighted by molar-refractivity contribution is -0.153. The van der Waals surface area contributed by atoms with Gasteiger partial charge in [0.25, 0.3) is 0 Å². The molecule has 0 saturated carbocycles. The molecule has 184 valence electrons. The van der Waals surface area contributed by atoms with E-state index in [4.69, 9.17) is 9.47 Å². The summed E-state index contributed by atoms with van der Waals surface area (Å²) in [4.78, 5) is 21.2. The summed E-state index contributed by atoms with van der Waals surface area (Å²) in [6.07, 6.45) is -3.75. The zero-order chi connectivity index (χ0) is 25.1. The number of hydrogen-bond acceptors (Lipinski definition) is 7. The average molecular weight is 499 g/mol. The number of nitrogens with zero attached hydrogens (tertiary/aromatic N) is 3. The van der Waals surface area contributed by atoms with Gasteiger partial charge in [0.15, 0.2) is 11.8 Å². The lowest BCUT2D eigenvalue weighted by Crippen LogP contribution is -2.31. The number of aliphatic hydroxyl groups is 1. The zero-order valence-electron chi connectivity index (χ0n) is 19.1. The van der Waals surface area contributed by atoms with Gasteiger partial charge >= 0.3 is 12.3 Å². The van der Waals surface area contributed by atoms with Gasteiger partial charge < -0.3 is 14.6 Å². The summed E-state index contributed by atoms with van der Waals surface area (Å²) in [5.74, 6) is 0.345. The number of ether oxygens (including phenoxy) is 2. The summed E-state index contributed by atoms with van der Waals surface area (Å²) in [6, 6.07) is 6.50. The molecule has 12 heteroatoms. The highest BCUT2D eigenvalue weighted by Gasteiger charge is 2.29. The fourth-order valence-electron chi connectivity index (χ4n) is 2.95. The molecule has 1 aromatic carbocycles. The molecule has 2 aromatic heterocycles. The van der Waals surface area contributed by atoms with Gasteiger partial charge in [-0.2, -0.15) is 13.2 Å². The second kappa shape index (κ2) is 10.1. The predicted octanol–water partition coefficient (Wildman–Crippen LogP) is 4.94. The van der Waals surface area contributed by atoms with Crippen molar-refractivity contribution < 1.29 is 32.5 Å².